The number of carbonyl (C=O) groups excluding carboxylic acids is 1. The lowest BCUT2D eigenvalue weighted by molar-refractivity contribution is 0.0981. The smallest absolute Gasteiger partial charge is 0.258 e. The normalized spacial score (nSPS) is 15.4. The van der Waals surface area contributed by atoms with E-state index in [1.54, 1.807) is 48.4 Å². The minimum absolute atomic E-state index is 0.0102. The molecule has 178 valence electrons. The second kappa shape index (κ2) is 9.60. The highest BCUT2D eigenvalue weighted by Crippen LogP contribution is 2.34. The molecule has 0 saturated carbocycles. The number of rotatable bonds is 7. The largest absolute Gasteiger partial charge is 0.497 e. The van der Waals surface area contributed by atoms with Gasteiger partial charge in [0.1, 0.15) is 5.75 Å². The lowest BCUT2D eigenvalue weighted by Gasteiger charge is -2.23. The SMILES string of the molecule is COc1ccc(C(=O)N2c3cc(CNS(=O)(=O)c4ccc(C(C)C)cc4)ccc3C[C@@H]2C)cc1. The molecule has 0 radical (unpaired) electrons. The van der Waals surface area contributed by atoms with Crippen molar-refractivity contribution in [3.05, 3.63) is 89.0 Å². The van der Waals surface area contributed by atoms with Crippen LogP contribution in [0.4, 0.5) is 5.69 Å². The summed E-state index contributed by atoms with van der Waals surface area (Å²) in [5, 5.41) is 0. The highest BCUT2D eigenvalue weighted by Gasteiger charge is 2.31. The van der Waals surface area contributed by atoms with Crippen molar-refractivity contribution >= 4 is 21.6 Å². The standard InChI is InChI=1S/C27H30N2O4S/c1-18(2)21-9-13-25(14-10-21)34(31,32)28-17-20-5-6-23-15-19(3)29(26(23)16-20)27(30)22-7-11-24(33-4)12-8-22/h5-14,16,18-19,28H,15,17H2,1-4H3/t19-/m0/s1. The molecule has 0 unspecified atom stereocenters. The van der Waals surface area contributed by atoms with E-state index in [0.29, 0.717) is 17.2 Å². The molecule has 0 saturated heterocycles. The number of methoxy groups -OCH3 is 1. The molecule has 7 heteroatoms. The molecule has 1 heterocycles. The van der Waals surface area contributed by atoms with Crippen molar-refractivity contribution in [2.75, 3.05) is 12.0 Å². The summed E-state index contributed by atoms with van der Waals surface area (Å²) in [4.78, 5) is 15.3. The number of sulfonamides is 1. The van der Waals surface area contributed by atoms with Crippen LogP contribution in [0.2, 0.25) is 0 Å². The average molecular weight is 479 g/mol. The Morgan fingerprint density at radius 2 is 1.74 bits per heavy atom. The lowest BCUT2D eigenvalue weighted by Crippen LogP contribution is -2.35. The summed E-state index contributed by atoms with van der Waals surface area (Å²) < 4.78 is 33.5. The van der Waals surface area contributed by atoms with Crippen LogP contribution >= 0.6 is 0 Å². The molecule has 0 fully saturated rings. The number of carbonyl (C=O) groups is 1. The summed E-state index contributed by atoms with van der Waals surface area (Å²) >= 11 is 0. The van der Waals surface area contributed by atoms with Crippen LogP contribution in [0.5, 0.6) is 5.75 Å². The zero-order chi connectivity index (χ0) is 24.5. The summed E-state index contributed by atoms with van der Waals surface area (Å²) in [5.74, 6) is 0.943. The molecule has 4 rings (SSSR count). The van der Waals surface area contributed by atoms with Gasteiger partial charge in [0.15, 0.2) is 0 Å². The summed E-state index contributed by atoms with van der Waals surface area (Å²) in [6.07, 6.45) is 0.755. The number of hydrogen-bond donors (Lipinski definition) is 1. The Morgan fingerprint density at radius 1 is 1.06 bits per heavy atom. The van der Waals surface area contributed by atoms with Crippen molar-refractivity contribution in [1.29, 1.82) is 0 Å². The number of benzene rings is 3. The second-order valence-corrected chi connectivity index (χ2v) is 10.7. The number of nitrogens with zero attached hydrogens (tertiary/aromatic N) is 1. The molecule has 34 heavy (non-hydrogen) atoms. The van der Waals surface area contributed by atoms with Gasteiger partial charge in [-0.25, -0.2) is 13.1 Å². The van der Waals surface area contributed by atoms with Gasteiger partial charge in [-0.3, -0.25) is 4.79 Å². The van der Waals surface area contributed by atoms with E-state index in [1.165, 1.54) is 0 Å². The molecule has 0 bridgehead atoms. The van der Waals surface area contributed by atoms with Crippen LogP contribution in [0.25, 0.3) is 0 Å². The van der Waals surface area contributed by atoms with Crippen molar-refractivity contribution < 1.29 is 17.9 Å². The molecule has 0 aliphatic carbocycles. The van der Waals surface area contributed by atoms with Gasteiger partial charge in [-0.15, -0.1) is 0 Å². The van der Waals surface area contributed by atoms with E-state index in [0.717, 1.165) is 28.8 Å². The molecule has 3 aromatic rings. The van der Waals surface area contributed by atoms with E-state index in [1.807, 2.05) is 37.3 Å². The Hall–Kier alpha value is -3.16. The van der Waals surface area contributed by atoms with Crippen molar-refractivity contribution in [2.24, 2.45) is 0 Å². The number of amides is 1. The minimum Gasteiger partial charge on any atom is -0.497 e. The van der Waals surface area contributed by atoms with E-state index in [4.69, 9.17) is 4.74 Å². The second-order valence-electron chi connectivity index (χ2n) is 8.97. The van der Waals surface area contributed by atoms with Crippen LogP contribution in [-0.4, -0.2) is 27.5 Å². The highest BCUT2D eigenvalue weighted by molar-refractivity contribution is 7.89. The van der Waals surface area contributed by atoms with Crippen LogP contribution in [0.1, 0.15) is 53.7 Å². The number of anilines is 1. The Morgan fingerprint density at radius 3 is 2.35 bits per heavy atom. The fraction of sp³-hybridized carbons (Fsp3) is 0.296. The van der Waals surface area contributed by atoms with Crippen LogP contribution < -0.4 is 14.4 Å². The third-order valence-electron chi connectivity index (χ3n) is 6.24. The average Bonchev–Trinajstić information content (AvgIpc) is 3.17. The molecule has 1 amide bonds. The molecule has 1 aliphatic rings. The van der Waals surface area contributed by atoms with Gasteiger partial charge in [0, 0.05) is 23.8 Å². The summed E-state index contributed by atoms with van der Waals surface area (Å²) in [7, 11) is -2.06. The summed E-state index contributed by atoms with van der Waals surface area (Å²) in [5.41, 5.74) is 4.36. The van der Waals surface area contributed by atoms with Gasteiger partial charge in [-0.1, -0.05) is 38.1 Å². The topological polar surface area (TPSA) is 75.7 Å². The predicted octanol–water partition coefficient (Wildman–Crippen LogP) is 4.89. The highest BCUT2D eigenvalue weighted by atomic mass is 32.2. The van der Waals surface area contributed by atoms with Gasteiger partial charge < -0.3 is 9.64 Å². The van der Waals surface area contributed by atoms with Gasteiger partial charge in [0.25, 0.3) is 5.91 Å². The molecule has 0 aromatic heterocycles. The Balaban J connectivity index is 1.52. The molecule has 6 nitrogen and oxygen atoms in total. The molecular weight excluding hydrogens is 448 g/mol. The first-order chi connectivity index (χ1) is 16.2. The van der Waals surface area contributed by atoms with Gasteiger partial charge in [0.2, 0.25) is 10.0 Å². The van der Waals surface area contributed by atoms with E-state index >= 15 is 0 Å². The third-order valence-corrected chi connectivity index (χ3v) is 7.66. The molecule has 3 aromatic carbocycles. The third kappa shape index (κ3) is 4.86. The summed E-state index contributed by atoms with van der Waals surface area (Å²) in [6.45, 7) is 6.30. The first-order valence-electron chi connectivity index (χ1n) is 11.4. The van der Waals surface area contributed by atoms with Gasteiger partial charge in [0.05, 0.1) is 12.0 Å². The van der Waals surface area contributed by atoms with Crippen molar-refractivity contribution in [2.45, 2.75) is 50.6 Å². The number of fused-ring (bicyclic) bond motifs is 1. The maximum absolute atomic E-state index is 13.3. The maximum atomic E-state index is 13.3. The van der Waals surface area contributed by atoms with Crippen molar-refractivity contribution in [3.8, 4) is 5.75 Å². The van der Waals surface area contributed by atoms with Crippen LogP contribution in [0.3, 0.4) is 0 Å². The van der Waals surface area contributed by atoms with Gasteiger partial charge >= 0.3 is 0 Å². The monoisotopic (exact) mass is 478 g/mol. The van der Waals surface area contributed by atoms with Crippen molar-refractivity contribution in [3.63, 3.8) is 0 Å². The molecule has 1 aliphatic heterocycles. The van der Waals surface area contributed by atoms with Gasteiger partial charge in [-0.2, -0.15) is 0 Å². The quantitative estimate of drug-likeness (QED) is 0.525. The van der Waals surface area contributed by atoms with E-state index in [2.05, 4.69) is 18.6 Å². The molecular formula is C27H30N2O4S. The van der Waals surface area contributed by atoms with Crippen LogP contribution in [-0.2, 0) is 23.0 Å². The van der Waals surface area contributed by atoms with Crippen molar-refractivity contribution in [1.82, 2.24) is 4.72 Å². The fourth-order valence-corrected chi connectivity index (χ4v) is 5.26. The number of ether oxygens (including phenoxy) is 1. The number of nitrogens with one attached hydrogen (secondary N) is 1. The first kappa shape index (κ1) is 24.0. The zero-order valence-electron chi connectivity index (χ0n) is 19.9. The van der Waals surface area contributed by atoms with Gasteiger partial charge in [-0.05, 0) is 78.4 Å². The van der Waals surface area contributed by atoms with E-state index in [9.17, 15) is 13.2 Å². The van der Waals surface area contributed by atoms with Crippen LogP contribution in [0.15, 0.2) is 71.6 Å². The summed E-state index contributed by atoms with van der Waals surface area (Å²) in [6, 6.07) is 19.8. The molecule has 1 atom stereocenters. The fourth-order valence-electron chi connectivity index (χ4n) is 4.24. The van der Waals surface area contributed by atoms with E-state index in [-0.39, 0.29) is 23.4 Å². The minimum atomic E-state index is -3.65. The maximum Gasteiger partial charge on any atom is 0.258 e. The molecule has 1 N–H and O–H groups in total. The first-order valence-corrected chi connectivity index (χ1v) is 12.9. The zero-order valence-corrected chi connectivity index (χ0v) is 20.7. The Bertz CT molecular complexity index is 1280. The number of hydrogen-bond acceptors (Lipinski definition) is 4. The Kier molecular flexibility index (Phi) is 6.77. The van der Waals surface area contributed by atoms with Crippen LogP contribution in [0, 0.1) is 0 Å². The Labute approximate surface area is 201 Å². The lowest BCUT2D eigenvalue weighted by atomic mass is 10.0. The predicted molar refractivity (Wildman–Crippen MR) is 134 cm³/mol. The van der Waals surface area contributed by atoms with E-state index < -0.39 is 10.0 Å². The molecule has 0 spiro atoms.